The summed E-state index contributed by atoms with van der Waals surface area (Å²) in [6.45, 7) is 0.762. The minimum Gasteiger partial charge on any atom is -0.272 e. The van der Waals surface area contributed by atoms with Crippen LogP contribution < -0.4 is 4.72 Å². The Morgan fingerprint density at radius 1 is 1.18 bits per heavy atom. The number of thioether (sulfide) groups is 1. The second-order valence-corrected chi connectivity index (χ2v) is 11.6. The Hall–Kier alpha value is -3.36. The van der Waals surface area contributed by atoms with Gasteiger partial charge < -0.3 is 0 Å². The number of amides is 3. The van der Waals surface area contributed by atoms with Crippen LogP contribution in [0.2, 0.25) is 5.02 Å². The lowest BCUT2D eigenvalue weighted by molar-refractivity contribution is -0.138. The van der Waals surface area contributed by atoms with Gasteiger partial charge in [0.2, 0.25) is 10.0 Å². The fraction of sp³-hybridized carbons (Fsp3) is 0.217. The average Bonchev–Trinajstić information content (AvgIpc) is 3.23. The van der Waals surface area contributed by atoms with Gasteiger partial charge in [-0.3, -0.25) is 28.7 Å². The Kier molecular flexibility index (Phi) is 7.34. The molecule has 9 nitrogen and oxygen atoms in total. The normalized spacial score (nSPS) is 15.6. The minimum atomic E-state index is -4.60. The zero-order chi connectivity index (χ0) is 28.0. The summed E-state index contributed by atoms with van der Waals surface area (Å²) in [5.74, 6) is -1.80. The molecule has 38 heavy (non-hydrogen) atoms. The van der Waals surface area contributed by atoms with Gasteiger partial charge >= 0.3 is 6.18 Å². The predicted octanol–water partition coefficient (Wildman–Crippen LogP) is 4.18. The van der Waals surface area contributed by atoms with Gasteiger partial charge in [0.1, 0.15) is 6.54 Å². The summed E-state index contributed by atoms with van der Waals surface area (Å²) < 4.78 is 66.1. The van der Waals surface area contributed by atoms with Crippen LogP contribution in [-0.2, 0) is 32.3 Å². The quantitative estimate of drug-likeness (QED) is 0.431. The van der Waals surface area contributed by atoms with Crippen LogP contribution in [0.15, 0.2) is 41.3 Å². The minimum absolute atomic E-state index is 0.0102. The molecule has 1 aromatic heterocycles. The molecule has 200 valence electrons. The summed E-state index contributed by atoms with van der Waals surface area (Å²) in [6, 6.07) is 8.46. The molecule has 1 aliphatic rings. The van der Waals surface area contributed by atoms with Gasteiger partial charge in [0.05, 0.1) is 34.5 Å². The van der Waals surface area contributed by atoms with Crippen molar-refractivity contribution >= 4 is 67.4 Å². The number of rotatable bonds is 6. The highest BCUT2D eigenvalue weighted by Crippen LogP contribution is 2.35. The lowest BCUT2D eigenvalue weighted by Crippen LogP contribution is -2.41. The monoisotopic (exact) mass is 586 g/mol. The summed E-state index contributed by atoms with van der Waals surface area (Å²) in [6.07, 6.45) is -2.40. The number of benzene rings is 2. The van der Waals surface area contributed by atoms with E-state index in [0.717, 1.165) is 12.3 Å². The van der Waals surface area contributed by atoms with Crippen molar-refractivity contribution < 1.29 is 36.0 Å². The van der Waals surface area contributed by atoms with Crippen molar-refractivity contribution in [2.45, 2.75) is 19.6 Å². The molecule has 4 rings (SSSR count). The van der Waals surface area contributed by atoms with Gasteiger partial charge in [-0.05, 0) is 60.2 Å². The van der Waals surface area contributed by atoms with Crippen molar-refractivity contribution in [1.82, 2.24) is 19.4 Å². The molecule has 1 aliphatic heterocycles. The van der Waals surface area contributed by atoms with Crippen LogP contribution in [0.1, 0.15) is 22.4 Å². The molecule has 0 saturated carbocycles. The van der Waals surface area contributed by atoms with Gasteiger partial charge in [0.15, 0.2) is 0 Å². The molecule has 0 spiro atoms. The first-order valence-electron chi connectivity index (χ1n) is 10.7. The molecule has 0 radical (unpaired) electrons. The van der Waals surface area contributed by atoms with Gasteiger partial charge in [-0.25, -0.2) is 8.42 Å². The summed E-state index contributed by atoms with van der Waals surface area (Å²) in [5, 5.41) is 4.22. The van der Waals surface area contributed by atoms with Gasteiger partial charge in [-0.15, -0.1) is 0 Å². The number of aryl methyl sites for hydroxylation is 1. The molecular formula is C23H18ClF3N4O5S2. The fourth-order valence-corrected chi connectivity index (χ4v) is 5.34. The molecule has 1 saturated heterocycles. The van der Waals surface area contributed by atoms with E-state index in [1.54, 1.807) is 29.8 Å². The van der Waals surface area contributed by atoms with Crippen molar-refractivity contribution in [2.24, 2.45) is 0 Å². The second-order valence-electron chi connectivity index (χ2n) is 8.38. The molecule has 0 bridgehead atoms. The van der Waals surface area contributed by atoms with Crippen molar-refractivity contribution in [3.05, 3.63) is 68.7 Å². The van der Waals surface area contributed by atoms with E-state index >= 15 is 0 Å². The zero-order valence-electron chi connectivity index (χ0n) is 19.7. The Bertz CT molecular complexity index is 1630. The summed E-state index contributed by atoms with van der Waals surface area (Å²) >= 11 is 6.36. The molecule has 2 heterocycles. The summed E-state index contributed by atoms with van der Waals surface area (Å²) in [5.41, 5.74) is 0.720. The Balaban J connectivity index is 1.60. The van der Waals surface area contributed by atoms with E-state index < -0.39 is 45.4 Å². The van der Waals surface area contributed by atoms with Crippen LogP contribution in [0.4, 0.5) is 18.0 Å². The average molecular weight is 587 g/mol. The maximum absolute atomic E-state index is 13.5. The first-order valence-corrected chi connectivity index (χ1v) is 13.8. The molecule has 0 aliphatic carbocycles. The van der Waals surface area contributed by atoms with E-state index in [9.17, 15) is 36.0 Å². The standard InChI is InChI=1S/C23H18ClF3N4O5S2/c1-12-16-7-13(8-19-21(33)30(22(34)37-19)11-20(32)29-38(2,35)36)3-6-18(16)31(28-12)10-14-4-5-15(24)9-17(14)23(25,26)27/h3-9H,10-11H2,1-2H3,(H,29,32)/b19-8-. The highest BCUT2D eigenvalue weighted by molar-refractivity contribution is 8.18. The second kappa shape index (κ2) is 10.1. The maximum atomic E-state index is 13.5. The number of carbonyl (C=O) groups excluding carboxylic acids is 3. The van der Waals surface area contributed by atoms with Crippen LogP contribution in [0, 0.1) is 6.92 Å². The van der Waals surface area contributed by atoms with Crippen LogP contribution in [0.5, 0.6) is 0 Å². The Morgan fingerprint density at radius 2 is 1.89 bits per heavy atom. The van der Waals surface area contributed by atoms with E-state index in [1.165, 1.54) is 22.9 Å². The highest BCUT2D eigenvalue weighted by Gasteiger charge is 2.37. The fourth-order valence-electron chi connectivity index (χ4n) is 3.85. The lowest BCUT2D eigenvalue weighted by atomic mass is 10.1. The number of aromatic nitrogens is 2. The van der Waals surface area contributed by atoms with E-state index in [2.05, 4.69) is 5.10 Å². The molecule has 2 aromatic carbocycles. The van der Waals surface area contributed by atoms with E-state index in [4.69, 9.17) is 11.6 Å². The van der Waals surface area contributed by atoms with E-state index in [1.807, 2.05) is 0 Å². The number of nitrogens with one attached hydrogen (secondary N) is 1. The summed E-state index contributed by atoms with van der Waals surface area (Å²) in [7, 11) is -3.86. The molecule has 3 aromatic rings. The number of carbonyl (C=O) groups is 3. The van der Waals surface area contributed by atoms with Crippen molar-refractivity contribution in [1.29, 1.82) is 0 Å². The van der Waals surface area contributed by atoms with Crippen LogP contribution in [0.3, 0.4) is 0 Å². The molecule has 0 atom stereocenters. The Morgan fingerprint density at radius 3 is 2.55 bits per heavy atom. The number of sulfonamides is 1. The molecule has 1 N–H and O–H groups in total. The largest absolute Gasteiger partial charge is 0.416 e. The maximum Gasteiger partial charge on any atom is 0.416 e. The van der Waals surface area contributed by atoms with E-state index in [0.29, 0.717) is 38.8 Å². The molecular weight excluding hydrogens is 569 g/mol. The smallest absolute Gasteiger partial charge is 0.272 e. The number of hydrogen-bond acceptors (Lipinski definition) is 7. The third-order valence-electron chi connectivity index (χ3n) is 5.43. The van der Waals surface area contributed by atoms with Crippen molar-refractivity contribution in [3.63, 3.8) is 0 Å². The first-order chi connectivity index (χ1) is 17.6. The van der Waals surface area contributed by atoms with E-state index in [-0.39, 0.29) is 22.0 Å². The number of fused-ring (bicyclic) bond motifs is 1. The first kappa shape index (κ1) is 27.7. The van der Waals surface area contributed by atoms with Gasteiger partial charge in [0, 0.05) is 10.4 Å². The molecule has 15 heteroatoms. The van der Waals surface area contributed by atoms with Crippen molar-refractivity contribution in [2.75, 3.05) is 12.8 Å². The van der Waals surface area contributed by atoms with Gasteiger partial charge in [-0.1, -0.05) is 23.7 Å². The predicted molar refractivity (Wildman–Crippen MR) is 136 cm³/mol. The number of alkyl halides is 3. The number of hydrogen-bond donors (Lipinski definition) is 1. The summed E-state index contributed by atoms with van der Waals surface area (Å²) in [4.78, 5) is 37.4. The van der Waals surface area contributed by atoms with Gasteiger partial charge in [-0.2, -0.15) is 18.3 Å². The lowest BCUT2D eigenvalue weighted by Gasteiger charge is -2.14. The van der Waals surface area contributed by atoms with Crippen molar-refractivity contribution in [3.8, 4) is 0 Å². The molecule has 1 fully saturated rings. The zero-order valence-corrected chi connectivity index (χ0v) is 22.1. The highest BCUT2D eigenvalue weighted by atomic mass is 35.5. The molecule has 0 unspecified atom stereocenters. The Labute approximate surface area is 223 Å². The number of imide groups is 1. The third-order valence-corrected chi connectivity index (χ3v) is 7.17. The topological polar surface area (TPSA) is 118 Å². The third kappa shape index (κ3) is 6.03. The number of halogens is 4. The molecule has 3 amide bonds. The number of nitrogens with zero attached hydrogens (tertiary/aromatic N) is 3. The van der Waals surface area contributed by atoms with Crippen LogP contribution in [0.25, 0.3) is 17.0 Å². The SMILES string of the molecule is Cc1nn(Cc2ccc(Cl)cc2C(F)(F)F)c2ccc(/C=C3\SC(=O)N(CC(=O)NS(C)(=O)=O)C3=O)cc12. The van der Waals surface area contributed by atoms with Crippen LogP contribution in [-0.4, -0.2) is 53.0 Å². The van der Waals surface area contributed by atoms with Gasteiger partial charge in [0.25, 0.3) is 17.1 Å². The van der Waals surface area contributed by atoms with Crippen LogP contribution >= 0.6 is 23.4 Å².